The van der Waals surface area contributed by atoms with Gasteiger partial charge in [-0.15, -0.1) is 0 Å². The van der Waals surface area contributed by atoms with Gasteiger partial charge in [-0.2, -0.15) is 5.26 Å². The summed E-state index contributed by atoms with van der Waals surface area (Å²) in [5.74, 6) is 0.831. The molecule has 0 saturated heterocycles. The first-order valence-electron chi connectivity index (χ1n) is 11.3. The molecule has 0 aliphatic carbocycles. The second-order valence-electron chi connectivity index (χ2n) is 8.05. The molecule has 0 fully saturated rings. The van der Waals surface area contributed by atoms with Crippen molar-refractivity contribution in [2.45, 2.75) is 32.3 Å². The van der Waals surface area contributed by atoms with Gasteiger partial charge in [0.15, 0.2) is 6.10 Å². The third kappa shape index (κ3) is 4.92. The fraction of sp³-hybridized carbons (Fsp3) is 0.214. The highest BCUT2D eigenvalue weighted by Crippen LogP contribution is 2.45. The van der Waals surface area contributed by atoms with E-state index >= 15 is 0 Å². The summed E-state index contributed by atoms with van der Waals surface area (Å²) in [5.41, 5.74) is 9.04. The summed E-state index contributed by atoms with van der Waals surface area (Å²) < 4.78 is 22.5. The highest BCUT2D eigenvalue weighted by molar-refractivity contribution is 5.77. The standard InChI is InChI=1S/C28H26N2O5/c1-4-18-9-11-19(12-10-18)33-17(2)28(31)34-20-13-14-22-25(15-20)35-27(30)23(16-29)26(22)21-7-5-6-8-24(21)32-3/h5-15,17,26H,4,30H2,1-3H3. The van der Waals surface area contributed by atoms with Crippen LogP contribution in [-0.2, 0) is 11.2 Å². The maximum atomic E-state index is 12.7. The molecule has 0 aromatic heterocycles. The summed E-state index contributed by atoms with van der Waals surface area (Å²) in [6, 6.07) is 22.1. The maximum Gasteiger partial charge on any atom is 0.352 e. The van der Waals surface area contributed by atoms with Crippen LogP contribution < -0.4 is 24.7 Å². The van der Waals surface area contributed by atoms with E-state index in [9.17, 15) is 10.1 Å². The molecule has 7 heteroatoms. The molecule has 2 atom stereocenters. The van der Waals surface area contributed by atoms with Gasteiger partial charge in [-0.3, -0.25) is 0 Å². The van der Waals surface area contributed by atoms with Crippen LogP contribution in [0.1, 0.15) is 36.5 Å². The van der Waals surface area contributed by atoms with Crippen molar-refractivity contribution in [3.63, 3.8) is 0 Å². The normalized spacial score (nSPS) is 15.3. The number of ether oxygens (including phenoxy) is 4. The Hall–Kier alpha value is -4.44. The van der Waals surface area contributed by atoms with Crippen molar-refractivity contribution in [3.8, 4) is 29.1 Å². The largest absolute Gasteiger partial charge is 0.496 e. The molecule has 0 radical (unpaired) electrons. The molecule has 0 amide bonds. The van der Waals surface area contributed by atoms with E-state index in [-0.39, 0.29) is 17.2 Å². The number of nitriles is 1. The van der Waals surface area contributed by atoms with Gasteiger partial charge < -0.3 is 24.7 Å². The fourth-order valence-corrected chi connectivity index (χ4v) is 3.98. The molecule has 0 bridgehead atoms. The molecule has 2 N–H and O–H groups in total. The van der Waals surface area contributed by atoms with E-state index < -0.39 is 18.0 Å². The number of nitrogens with two attached hydrogens (primary N) is 1. The van der Waals surface area contributed by atoms with E-state index in [2.05, 4.69) is 13.0 Å². The van der Waals surface area contributed by atoms with Crippen LogP contribution in [0, 0.1) is 11.3 Å². The highest BCUT2D eigenvalue weighted by atomic mass is 16.6. The number of hydrogen-bond acceptors (Lipinski definition) is 7. The molecule has 178 valence electrons. The smallest absolute Gasteiger partial charge is 0.352 e. The van der Waals surface area contributed by atoms with Crippen molar-refractivity contribution in [2.75, 3.05) is 7.11 Å². The Balaban J connectivity index is 1.57. The summed E-state index contributed by atoms with van der Waals surface area (Å²) in [7, 11) is 1.57. The number of para-hydroxylation sites is 1. The van der Waals surface area contributed by atoms with Crippen LogP contribution in [0.4, 0.5) is 0 Å². The number of hydrogen-bond donors (Lipinski definition) is 1. The lowest BCUT2D eigenvalue weighted by Crippen LogP contribution is -2.28. The van der Waals surface area contributed by atoms with Crippen molar-refractivity contribution in [2.24, 2.45) is 5.73 Å². The van der Waals surface area contributed by atoms with Crippen LogP contribution >= 0.6 is 0 Å². The zero-order valence-electron chi connectivity index (χ0n) is 19.8. The van der Waals surface area contributed by atoms with Crippen molar-refractivity contribution in [1.82, 2.24) is 0 Å². The van der Waals surface area contributed by atoms with E-state index in [4.69, 9.17) is 24.7 Å². The Kier molecular flexibility index (Phi) is 6.93. The molecule has 0 saturated carbocycles. The first-order valence-corrected chi connectivity index (χ1v) is 11.3. The molecular weight excluding hydrogens is 444 g/mol. The van der Waals surface area contributed by atoms with Crippen LogP contribution in [0.5, 0.6) is 23.0 Å². The topological polar surface area (TPSA) is 104 Å². The summed E-state index contributed by atoms with van der Waals surface area (Å²) in [6.07, 6.45) is 0.0991. The maximum absolute atomic E-state index is 12.7. The zero-order chi connectivity index (χ0) is 24.9. The monoisotopic (exact) mass is 470 g/mol. The Morgan fingerprint density at radius 3 is 2.49 bits per heavy atom. The predicted octanol–water partition coefficient (Wildman–Crippen LogP) is 4.85. The molecule has 7 nitrogen and oxygen atoms in total. The lowest BCUT2D eigenvalue weighted by atomic mass is 9.83. The van der Waals surface area contributed by atoms with Gasteiger partial charge in [0.25, 0.3) is 0 Å². The van der Waals surface area contributed by atoms with Crippen LogP contribution in [-0.4, -0.2) is 19.2 Å². The predicted molar refractivity (Wildman–Crippen MR) is 130 cm³/mol. The first-order chi connectivity index (χ1) is 16.9. The van der Waals surface area contributed by atoms with Crippen LogP contribution in [0.25, 0.3) is 0 Å². The second-order valence-corrected chi connectivity index (χ2v) is 8.05. The molecule has 1 aliphatic rings. The van der Waals surface area contributed by atoms with Gasteiger partial charge in [0, 0.05) is 17.2 Å². The van der Waals surface area contributed by atoms with E-state index in [0.29, 0.717) is 22.8 Å². The molecule has 35 heavy (non-hydrogen) atoms. The lowest BCUT2D eigenvalue weighted by molar-refractivity contribution is -0.141. The fourth-order valence-electron chi connectivity index (χ4n) is 3.98. The number of carbonyl (C=O) groups is 1. The molecule has 3 aromatic carbocycles. The third-order valence-electron chi connectivity index (χ3n) is 5.84. The quantitative estimate of drug-likeness (QED) is 0.389. The van der Waals surface area contributed by atoms with Crippen molar-refractivity contribution in [1.29, 1.82) is 5.26 Å². The van der Waals surface area contributed by atoms with Crippen LogP contribution in [0.2, 0.25) is 0 Å². The number of rotatable bonds is 7. The number of allylic oxidation sites excluding steroid dienone is 1. The van der Waals surface area contributed by atoms with Crippen LogP contribution in [0.3, 0.4) is 0 Å². The van der Waals surface area contributed by atoms with Gasteiger partial charge in [0.05, 0.1) is 13.0 Å². The van der Waals surface area contributed by atoms with Crippen LogP contribution in [0.15, 0.2) is 78.2 Å². The molecule has 1 aliphatic heterocycles. The lowest BCUT2D eigenvalue weighted by Gasteiger charge is -2.27. The average Bonchev–Trinajstić information content (AvgIpc) is 2.88. The average molecular weight is 471 g/mol. The Bertz CT molecular complexity index is 1310. The van der Waals surface area contributed by atoms with E-state index in [1.165, 1.54) is 5.56 Å². The summed E-state index contributed by atoms with van der Waals surface area (Å²) in [4.78, 5) is 12.7. The first kappa shape index (κ1) is 23.7. The number of esters is 1. The highest BCUT2D eigenvalue weighted by Gasteiger charge is 2.33. The minimum Gasteiger partial charge on any atom is -0.496 e. The molecule has 3 aromatic rings. The minimum atomic E-state index is -0.823. The minimum absolute atomic E-state index is 0.00777. The molecule has 2 unspecified atom stereocenters. The zero-order valence-corrected chi connectivity index (χ0v) is 19.8. The Morgan fingerprint density at radius 1 is 1.09 bits per heavy atom. The number of fused-ring (bicyclic) bond motifs is 1. The molecule has 0 spiro atoms. The number of carbonyl (C=O) groups excluding carboxylic acids is 1. The number of nitrogens with zero attached hydrogens (tertiary/aromatic N) is 1. The SMILES string of the molecule is CCc1ccc(OC(C)C(=O)Oc2ccc3c(c2)OC(N)=C(C#N)C3c2ccccc2OC)cc1. The van der Waals surface area contributed by atoms with Crippen molar-refractivity contribution < 1.29 is 23.7 Å². The number of benzene rings is 3. The van der Waals surface area contributed by atoms with Gasteiger partial charge in [-0.1, -0.05) is 43.3 Å². The van der Waals surface area contributed by atoms with E-state index in [1.807, 2.05) is 48.5 Å². The van der Waals surface area contributed by atoms with Gasteiger partial charge in [-0.05, 0) is 43.2 Å². The summed E-state index contributed by atoms with van der Waals surface area (Å²) in [6.45, 7) is 3.70. The van der Waals surface area contributed by atoms with E-state index in [1.54, 1.807) is 32.2 Å². The number of aryl methyl sites for hydroxylation is 1. The Morgan fingerprint density at radius 2 is 1.80 bits per heavy atom. The molecular formula is C28H26N2O5. The van der Waals surface area contributed by atoms with Gasteiger partial charge >= 0.3 is 5.97 Å². The summed E-state index contributed by atoms with van der Waals surface area (Å²) in [5, 5.41) is 9.78. The second kappa shape index (κ2) is 10.2. The Labute approximate surface area is 204 Å². The van der Waals surface area contributed by atoms with E-state index in [0.717, 1.165) is 12.0 Å². The third-order valence-corrected chi connectivity index (χ3v) is 5.84. The number of methoxy groups -OCH3 is 1. The molecule has 4 rings (SSSR count). The van der Waals surface area contributed by atoms with Crippen molar-refractivity contribution in [3.05, 3.63) is 94.9 Å². The van der Waals surface area contributed by atoms with Gasteiger partial charge in [-0.25, -0.2) is 4.79 Å². The summed E-state index contributed by atoms with van der Waals surface area (Å²) >= 11 is 0. The molecule has 1 heterocycles. The van der Waals surface area contributed by atoms with Gasteiger partial charge in [0.2, 0.25) is 5.88 Å². The van der Waals surface area contributed by atoms with Gasteiger partial charge in [0.1, 0.15) is 34.6 Å². The van der Waals surface area contributed by atoms with Crippen molar-refractivity contribution >= 4 is 5.97 Å².